The zero-order chi connectivity index (χ0) is 42.4. The lowest BCUT2D eigenvalue weighted by molar-refractivity contribution is 0.257. The highest BCUT2D eigenvalue weighted by Crippen LogP contribution is 2.61. The zero-order valence-corrected chi connectivity index (χ0v) is 36.0. The predicted molar refractivity (Wildman–Crippen MR) is 263 cm³/mol. The molecule has 3 aliphatic heterocycles. The second-order valence-corrected chi connectivity index (χ2v) is 18.2. The Labute approximate surface area is 377 Å². The summed E-state index contributed by atoms with van der Waals surface area (Å²) in [6.45, 7) is 0. The van der Waals surface area contributed by atoms with E-state index in [1.165, 1.54) is 87.4 Å². The van der Waals surface area contributed by atoms with Crippen LogP contribution in [0.2, 0.25) is 0 Å². The Kier molecular flexibility index (Phi) is 8.45. The molecule has 4 heterocycles. The number of hydrogen-bond donors (Lipinski definition) is 1. The number of amidine groups is 1. The van der Waals surface area contributed by atoms with Crippen molar-refractivity contribution in [1.29, 1.82) is 0 Å². The lowest BCUT2D eigenvalue weighted by Gasteiger charge is -2.45. The molecule has 304 valence electrons. The van der Waals surface area contributed by atoms with E-state index in [2.05, 4.69) is 240 Å². The van der Waals surface area contributed by atoms with Gasteiger partial charge in [0.05, 0.1) is 22.1 Å². The van der Waals surface area contributed by atoms with Crippen LogP contribution in [0.1, 0.15) is 51.3 Å². The van der Waals surface area contributed by atoms with E-state index in [4.69, 9.17) is 4.99 Å². The molecule has 1 N–H and O–H groups in total. The van der Waals surface area contributed by atoms with Crippen LogP contribution < -0.4 is 5.32 Å². The van der Waals surface area contributed by atoms with Crippen molar-refractivity contribution >= 4 is 39.4 Å². The maximum absolute atomic E-state index is 5.40. The number of fused-ring (bicyclic) bond motifs is 11. The summed E-state index contributed by atoms with van der Waals surface area (Å²) >= 11 is 1.90. The van der Waals surface area contributed by atoms with Crippen molar-refractivity contribution in [2.75, 3.05) is 7.05 Å². The molecule has 10 aromatic rings. The summed E-state index contributed by atoms with van der Waals surface area (Å²) in [6, 6.07) is 80.2. The average Bonchev–Trinajstić information content (AvgIpc) is 3.71. The molecule has 0 radical (unpaired) electrons. The molecule has 64 heavy (non-hydrogen) atoms. The van der Waals surface area contributed by atoms with Gasteiger partial charge in [0.25, 0.3) is 0 Å². The van der Waals surface area contributed by atoms with Crippen molar-refractivity contribution in [1.82, 2.24) is 14.8 Å². The highest BCUT2D eigenvalue weighted by atomic mass is 32.2. The first kappa shape index (κ1) is 37.1. The van der Waals surface area contributed by atoms with Crippen molar-refractivity contribution in [2.45, 2.75) is 27.5 Å². The third-order valence-corrected chi connectivity index (χ3v) is 15.0. The minimum absolute atomic E-state index is 0.0856. The molecule has 1 spiro atoms. The minimum atomic E-state index is -0.525. The average molecular weight is 839 g/mol. The molecule has 1 aromatic heterocycles. The van der Waals surface area contributed by atoms with Gasteiger partial charge in [-0.15, -0.1) is 0 Å². The van der Waals surface area contributed by atoms with Gasteiger partial charge in [-0.2, -0.15) is 0 Å². The van der Waals surface area contributed by atoms with E-state index in [1.54, 1.807) is 0 Å². The summed E-state index contributed by atoms with van der Waals surface area (Å²) in [5, 5.41) is 6.50. The van der Waals surface area contributed by atoms with Crippen LogP contribution in [-0.4, -0.2) is 22.4 Å². The molecule has 0 saturated heterocycles. The number of nitrogens with one attached hydrogen (secondary N) is 1. The Bertz CT molecular complexity index is 3470. The summed E-state index contributed by atoms with van der Waals surface area (Å²) in [7, 11) is 2.14. The Morgan fingerprint density at radius 2 is 1.08 bits per heavy atom. The number of rotatable bonds is 5. The van der Waals surface area contributed by atoms with Gasteiger partial charge in [-0.3, -0.25) is 5.32 Å². The Morgan fingerprint density at radius 1 is 0.484 bits per heavy atom. The molecule has 5 heteroatoms. The molecule has 3 atom stereocenters. The maximum atomic E-state index is 5.40. The molecule has 0 saturated carbocycles. The van der Waals surface area contributed by atoms with E-state index < -0.39 is 5.41 Å². The Hall–Kier alpha value is -7.44. The first-order chi connectivity index (χ1) is 31.7. The van der Waals surface area contributed by atoms with Crippen LogP contribution in [0.4, 0.5) is 0 Å². The number of aliphatic imine (C=N–C) groups is 1. The summed E-state index contributed by atoms with van der Waals surface area (Å²) < 4.78 is 2.51. The third-order valence-electron chi connectivity index (χ3n) is 13.8. The summed E-state index contributed by atoms with van der Waals surface area (Å²) in [5.41, 5.74) is 16.8. The zero-order valence-electron chi connectivity index (χ0n) is 35.2. The standard InChI is InChI=1S/C59H42N4S/c1-62-57(42-18-6-3-7-19-42)60-56(61-58(62)43-36-30-39(31-37-43)38-16-4-2-5-17-38)41-34-32-40(33-35-41)44-21-14-26-50-55(44)64-53-29-13-10-24-48(53)59(50)47-23-9-12-28-52(47)63-51-27-11-8-20-45(51)46-22-15-25-49(59)54(46)63/h2-37,56,58,61H,1H3. The van der Waals surface area contributed by atoms with Crippen LogP contribution in [0.5, 0.6) is 0 Å². The lowest BCUT2D eigenvalue weighted by Crippen LogP contribution is -2.46. The van der Waals surface area contributed by atoms with Crippen LogP contribution in [0, 0.1) is 0 Å². The van der Waals surface area contributed by atoms with Crippen LogP contribution in [-0.2, 0) is 5.41 Å². The summed E-state index contributed by atoms with van der Waals surface area (Å²) in [5.74, 6) is 0.963. The van der Waals surface area contributed by atoms with Crippen LogP contribution in [0.25, 0.3) is 49.7 Å². The number of para-hydroxylation sites is 3. The van der Waals surface area contributed by atoms with Gasteiger partial charge < -0.3 is 9.47 Å². The highest BCUT2D eigenvalue weighted by Gasteiger charge is 2.49. The normalized spacial score (nSPS) is 18.4. The molecular formula is C59H42N4S. The molecule has 4 nitrogen and oxygen atoms in total. The minimum Gasteiger partial charge on any atom is -0.340 e. The van der Waals surface area contributed by atoms with Gasteiger partial charge in [-0.1, -0.05) is 212 Å². The molecule has 0 bridgehead atoms. The maximum Gasteiger partial charge on any atom is 0.134 e. The summed E-state index contributed by atoms with van der Waals surface area (Å²) in [4.78, 5) is 10.3. The van der Waals surface area contributed by atoms with Crippen molar-refractivity contribution < 1.29 is 0 Å². The molecule has 9 aromatic carbocycles. The van der Waals surface area contributed by atoms with Crippen molar-refractivity contribution in [3.8, 4) is 27.9 Å². The van der Waals surface area contributed by atoms with Gasteiger partial charge in [0, 0.05) is 33.2 Å². The fourth-order valence-corrected chi connectivity index (χ4v) is 12.2. The van der Waals surface area contributed by atoms with E-state index >= 15 is 0 Å². The molecule has 0 amide bonds. The predicted octanol–water partition coefficient (Wildman–Crippen LogP) is 14.0. The van der Waals surface area contributed by atoms with E-state index in [9.17, 15) is 0 Å². The Balaban J connectivity index is 0.936. The molecule has 3 unspecified atom stereocenters. The van der Waals surface area contributed by atoms with Crippen molar-refractivity contribution in [3.63, 3.8) is 0 Å². The van der Waals surface area contributed by atoms with E-state index in [0.29, 0.717) is 0 Å². The smallest absolute Gasteiger partial charge is 0.134 e. The quantitative estimate of drug-likeness (QED) is 0.187. The van der Waals surface area contributed by atoms with E-state index in [1.807, 2.05) is 11.8 Å². The van der Waals surface area contributed by atoms with Crippen LogP contribution in [0.3, 0.4) is 0 Å². The topological polar surface area (TPSA) is 32.6 Å². The second kappa shape index (κ2) is 14.6. The first-order valence-electron chi connectivity index (χ1n) is 22.1. The van der Waals surface area contributed by atoms with E-state index in [0.717, 1.165) is 17.0 Å². The highest BCUT2D eigenvalue weighted by molar-refractivity contribution is 7.99. The molecular weight excluding hydrogens is 797 g/mol. The fraction of sp³-hybridized carbons (Fsp3) is 0.0678. The third kappa shape index (κ3) is 5.44. The molecule has 3 aliphatic rings. The number of hydrogen-bond acceptors (Lipinski definition) is 4. The van der Waals surface area contributed by atoms with Gasteiger partial charge in [0.2, 0.25) is 0 Å². The second-order valence-electron chi connectivity index (χ2n) is 17.1. The largest absolute Gasteiger partial charge is 0.340 e. The van der Waals surface area contributed by atoms with Crippen molar-refractivity contribution in [2.24, 2.45) is 4.99 Å². The molecule has 0 fully saturated rings. The van der Waals surface area contributed by atoms with E-state index in [-0.39, 0.29) is 12.3 Å². The van der Waals surface area contributed by atoms with Gasteiger partial charge >= 0.3 is 0 Å². The van der Waals surface area contributed by atoms with Gasteiger partial charge in [0.1, 0.15) is 18.2 Å². The van der Waals surface area contributed by atoms with Crippen molar-refractivity contribution in [3.05, 3.63) is 257 Å². The first-order valence-corrected chi connectivity index (χ1v) is 22.9. The number of aromatic nitrogens is 1. The lowest BCUT2D eigenvalue weighted by atomic mass is 9.62. The number of nitrogens with zero attached hydrogens (tertiary/aromatic N) is 3. The molecule has 0 aliphatic carbocycles. The van der Waals surface area contributed by atoms with Gasteiger partial charge in [-0.25, -0.2) is 4.99 Å². The van der Waals surface area contributed by atoms with Gasteiger partial charge in [-0.05, 0) is 73.8 Å². The van der Waals surface area contributed by atoms with Crippen LogP contribution in [0.15, 0.2) is 233 Å². The summed E-state index contributed by atoms with van der Waals surface area (Å²) in [6.07, 6.45) is -0.336. The SMILES string of the molecule is CN1C(c2ccccc2)=NC(c2ccc(-c3cccc4c3Sc3ccccc3C43c4ccccc4-n4c5ccccc5c5cccc3c54)cc2)NC1c1ccc(-c2ccccc2)cc1. The molecule has 13 rings (SSSR count). The number of benzene rings is 9. The fourth-order valence-electron chi connectivity index (χ4n) is 10.9. The monoisotopic (exact) mass is 838 g/mol. The Morgan fingerprint density at radius 3 is 1.89 bits per heavy atom. The van der Waals surface area contributed by atoms with Crippen LogP contribution >= 0.6 is 11.8 Å². The van der Waals surface area contributed by atoms with Gasteiger partial charge in [0.15, 0.2) is 0 Å².